The molecule has 0 unspecified atom stereocenters. The highest BCUT2D eigenvalue weighted by Crippen LogP contribution is 2.27. The standard InChI is InChI=1S/C20H28N4O2/c1-2-14-26-16-18-7-4-3-6-17(18)15-22-19(25)20(8-11-21-12-9-20)24-13-5-10-23-24/h3-7,10,13,21H,2,8-9,11-12,14-16H2,1H3,(H,22,25). The zero-order valence-electron chi connectivity index (χ0n) is 15.4. The number of piperidine rings is 1. The van der Waals surface area contributed by atoms with Crippen molar-refractivity contribution in [3.05, 3.63) is 53.9 Å². The highest BCUT2D eigenvalue weighted by atomic mass is 16.5. The molecule has 1 saturated heterocycles. The van der Waals surface area contributed by atoms with E-state index in [2.05, 4.69) is 28.7 Å². The molecule has 3 rings (SSSR count). The van der Waals surface area contributed by atoms with E-state index in [0.717, 1.165) is 50.1 Å². The van der Waals surface area contributed by atoms with Crippen molar-refractivity contribution in [2.45, 2.75) is 44.9 Å². The van der Waals surface area contributed by atoms with Crippen LogP contribution in [-0.2, 0) is 28.2 Å². The molecule has 2 aromatic rings. The molecule has 0 spiro atoms. The summed E-state index contributed by atoms with van der Waals surface area (Å²) < 4.78 is 7.50. The minimum atomic E-state index is -0.609. The monoisotopic (exact) mass is 356 g/mol. The number of benzene rings is 1. The first-order valence-corrected chi connectivity index (χ1v) is 9.40. The van der Waals surface area contributed by atoms with Crippen LogP contribution in [0, 0.1) is 0 Å². The largest absolute Gasteiger partial charge is 0.377 e. The van der Waals surface area contributed by atoms with E-state index in [1.807, 2.05) is 35.1 Å². The average Bonchev–Trinajstić information content (AvgIpc) is 3.23. The summed E-state index contributed by atoms with van der Waals surface area (Å²) in [4.78, 5) is 13.1. The van der Waals surface area contributed by atoms with E-state index in [1.165, 1.54) is 0 Å². The molecule has 1 aliphatic heterocycles. The lowest BCUT2D eigenvalue weighted by Crippen LogP contribution is -2.54. The lowest BCUT2D eigenvalue weighted by molar-refractivity contribution is -0.132. The molecule has 1 amide bonds. The van der Waals surface area contributed by atoms with Gasteiger partial charge in [0.25, 0.3) is 0 Å². The average molecular weight is 356 g/mol. The molecule has 2 heterocycles. The molecule has 0 atom stereocenters. The molecule has 1 aromatic carbocycles. The third kappa shape index (κ3) is 4.14. The second-order valence-electron chi connectivity index (χ2n) is 6.74. The lowest BCUT2D eigenvalue weighted by Gasteiger charge is -2.36. The summed E-state index contributed by atoms with van der Waals surface area (Å²) in [7, 11) is 0. The van der Waals surface area contributed by atoms with Gasteiger partial charge in [0.1, 0.15) is 5.54 Å². The van der Waals surface area contributed by atoms with Crippen LogP contribution in [-0.4, -0.2) is 35.4 Å². The van der Waals surface area contributed by atoms with E-state index in [9.17, 15) is 4.79 Å². The normalized spacial score (nSPS) is 16.3. The van der Waals surface area contributed by atoms with Crippen molar-refractivity contribution >= 4 is 5.91 Å². The molecule has 1 aromatic heterocycles. The van der Waals surface area contributed by atoms with Crippen LogP contribution in [0.15, 0.2) is 42.7 Å². The molecule has 1 fully saturated rings. The van der Waals surface area contributed by atoms with Crippen molar-refractivity contribution < 1.29 is 9.53 Å². The van der Waals surface area contributed by atoms with Gasteiger partial charge in [0.05, 0.1) is 6.61 Å². The molecule has 6 heteroatoms. The predicted molar refractivity (Wildman–Crippen MR) is 101 cm³/mol. The van der Waals surface area contributed by atoms with E-state index >= 15 is 0 Å². The Morgan fingerprint density at radius 2 is 2.04 bits per heavy atom. The van der Waals surface area contributed by atoms with Crippen LogP contribution in [0.25, 0.3) is 0 Å². The smallest absolute Gasteiger partial charge is 0.248 e. The maximum Gasteiger partial charge on any atom is 0.248 e. The van der Waals surface area contributed by atoms with Gasteiger partial charge in [-0.2, -0.15) is 5.10 Å². The Hall–Kier alpha value is -2.18. The summed E-state index contributed by atoms with van der Waals surface area (Å²) in [6, 6.07) is 9.99. The maximum absolute atomic E-state index is 13.1. The predicted octanol–water partition coefficient (Wildman–Crippen LogP) is 2.20. The first-order chi connectivity index (χ1) is 12.8. The Labute approximate surface area is 154 Å². The minimum Gasteiger partial charge on any atom is -0.377 e. The van der Waals surface area contributed by atoms with Crippen LogP contribution < -0.4 is 10.6 Å². The van der Waals surface area contributed by atoms with Gasteiger partial charge in [-0.05, 0) is 49.5 Å². The topological polar surface area (TPSA) is 68.2 Å². The quantitative estimate of drug-likeness (QED) is 0.712. The van der Waals surface area contributed by atoms with E-state index in [0.29, 0.717) is 13.2 Å². The number of carbonyl (C=O) groups is 1. The van der Waals surface area contributed by atoms with Crippen LogP contribution in [0.5, 0.6) is 0 Å². The van der Waals surface area contributed by atoms with Gasteiger partial charge in [-0.15, -0.1) is 0 Å². The number of hydrogen-bond donors (Lipinski definition) is 2. The van der Waals surface area contributed by atoms with Gasteiger partial charge >= 0.3 is 0 Å². The third-order valence-electron chi connectivity index (χ3n) is 4.96. The van der Waals surface area contributed by atoms with Crippen LogP contribution in [0.4, 0.5) is 0 Å². The Kier molecular flexibility index (Phi) is 6.41. The number of amides is 1. The Bertz CT molecular complexity index is 694. The van der Waals surface area contributed by atoms with Crippen LogP contribution in [0.1, 0.15) is 37.3 Å². The van der Waals surface area contributed by atoms with Gasteiger partial charge in [-0.3, -0.25) is 9.48 Å². The number of aromatic nitrogens is 2. The Morgan fingerprint density at radius 3 is 2.73 bits per heavy atom. The number of nitrogens with one attached hydrogen (secondary N) is 2. The van der Waals surface area contributed by atoms with Crippen LogP contribution in [0.2, 0.25) is 0 Å². The molecule has 0 saturated carbocycles. The van der Waals surface area contributed by atoms with Gasteiger partial charge in [0.15, 0.2) is 0 Å². The van der Waals surface area contributed by atoms with E-state index in [-0.39, 0.29) is 5.91 Å². The van der Waals surface area contributed by atoms with Gasteiger partial charge in [0.2, 0.25) is 5.91 Å². The molecule has 140 valence electrons. The van der Waals surface area contributed by atoms with Gasteiger partial charge < -0.3 is 15.4 Å². The molecule has 26 heavy (non-hydrogen) atoms. The summed E-state index contributed by atoms with van der Waals surface area (Å²) >= 11 is 0. The van der Waals surface area contributed by atoms with Crippen molar-refractivity contribution in [1.29, 1.82) is 0 Å². The van der Waals surface area contributed by atoms with Crippen molar-refractivity contribution in [3.8, 4) is 0 Å². The summed E-state index contributed by atoms with van der Waals surface area (Å²) in [5.74, 6) is 0.0342. The Morgan fingerprint density at radius 1 is 1.27 bits per heavy atom. The zero-order valence-corrected chi connectivity index (χ0v) is 15.4. The Balaban J connectivity index is 1.69. The molecule has 0 bridgehead atoms. The summed E-state index contributed by atoms with van der Waals surface area (Å²) in [5.41, 5.74) is 1.61. The molecule has 1 aliphatic rings. The van der Waals surface area contributed by atoms with Gasteiger partial charge in [0, 0.05) is 25.5 Å². The summed E-state index contributed by atoms with van der Waals surface area (Å²) in [6.07, 6.45) is 6.09. The van der Waals surface area contributed by atoms with Crippen molar-refractivity contribution in [3.63, 3.8) is 0 Å². The third-order valence-corrected chi connectivity index (χ3v) is 4.96. The lowest BCUT2D eigenvalue weighted by atomic mass is 9.87. The van der Waals surface area contributed by atoms with Crippen LogP contribution >= 0.6 is 0 Å². The number of ether oxygens (including phenoxy) is 1. The summed E-state index contributed by atoms with van der Waals surface area (Å²) in [6.45, 7) is 5.55. The maximum atomic E-state index is 13.1. The molecular formula is C20H28N4O2. The fourth-order valence-corrected chi connectivity index (χ4v) is 3.46. The zero-order chi connectivity index (χ0) is 18.2. The highest BCUT2D eigenvalue weighted by Gasteiger charge is 2.41. The number of hydrogen-bond acceptors (Lipinski definition) is 4. The number of rotatable bonds is 8. The number of nitrogens with zero attached hydrogens (tertiary/aromatic N) is 2. The second kappa shape index (κ2) is 8.96. The van der Waals surface area contributed by atoms with E-state index in [4.69, 9.17) is 4.74 Å². The van der Waals surface area contributed by atoms with Gasteiger partial charge in [-0.1, -0.05) is 31.2 Å². The van der Waals surface area contributed by atoms with Crippen molar-refractivity contribution in [1.82, 2.24) is 20.4 Å². The highest BCUT2D eigenvalue weighted by molar-refractivity contribution is 5.84. The molecule has 6 nitrogen and oxygen atoms in total. The van der Waals surface area contributed by atoms with Crippen molar-refractivity contribution in [2.75, 3.05) is 19.7 Å². The first-order valence-electron chi connectivity index (χ1n) is 9.40. The molecule has 0 radical (unpaired) electrons. The number of carbonyl (C=O) groups excluding carboxylic acids is 1. The SMILES string of the molecule is CCCOCc1ccccc1CNC(=O)C1(n2cccn2)CCNCC1. The van der Waals surface area contributed by atoms with E-state index in [1.54, 1.807) is 6.20 Å². The molecular weight excluding hydrogens is 328 g/mol. The fourth-order valence-electron chi connectivity index (χ4n) is 3.46. The molecule has 0 aliphatic carbocycles. The first kappa shape index (κ1) is 18.6. The minimum absolute atomic E-state index is 0.0342. The summed E-state index contributed by atoms with van der Waals surface area (Å²) in [5, 5.41) is 10.8. The fraction of sp³-hybridized carbons (Fsp3) is 0.500. The second-order valence-corrected chi connectivity index (χ2v) is 6.74. The van der Waals surface area contributed by atoms with Crippen molar-refractivity contribution in [2.24, 2.45) is 0 Å². The van der Waals surface area contributed by atoms with Crippen LogP contribution in [0.3, 0.4) is 0 Å². The molecule has 2 N–H and O–H groups in total. The van der Waals surface area contributed by atoms with E-state index < -0.39 is 5.54 Å². The van der Waals surface area contributed by atoms with Gasteiger partial charge in [-0.25, -0.2) is 0 Å².